The second-order valence-corrected chi connectivity index (χ2v) is 6.79. The summed E-state index contributed by atoms with van der Waals surface area (Å²) in [6, 6.07) is 3.08. The predicted octanol–water partition coefficient (Wildman–Crippen LogP) is 3.22. The molecule has 108 valence electrons. The van der Waals surface area contributed by atoms with E-state index >= 15 is 0 Å². The Hall–Kier alpha value is -0.940. The Morgan fingerprint density at radius 3 is 2.85 bits per heavy atom. The average Bonchev–Trinajstić information content (AvgIpc) is 3.10. The number of piperidine rings is 1. The van der Waals surface area contributed by atoms with Crippen LogP contribution >= 0.6 is 15.9 Å². The largest absolute Gasteiger partial charge is 0.325 e. The summed E-state index contributed by atoms with van der Waals surface area (Å²) >= 11 is 3.15. The maximum absolute atomic E-state index is 13.6. The second-order valence-electron chi connectivity index (χ2n) is 5.94. The van der Waals surface area contributed by atoms with Crippen molar-refractivity contribution in [2.45, 2.75) is 26.2 Å². The number of aryl methyl sites for hydroxylation is 1. The van der Waals surface area contributed by atoms with Crippen molar-refractivity contribution in [2.75, 3.05) is 18.4 Å². The van der Waals surface area contributed by atoms with Gasteiger partial charge in [0.1, 0.15) is 5.82 Å². The number of hydrogen-bond donors (Lipinski definition) is 2. The Kier molecular flexibility index (Phi) is 3.58. The summed E-state index contributed by atoms with van der Waals surface area (Å²) in [6.07, 6.45) is 3.11. The molecule has 1 unspecified atom stereocenters. The van der Waals surface area contributed by atoms with Gasteiger partial charge in [-0.2, -0.15) is 0 Å². The van der Waals surface area contributed by atoms with Gasteiger partial charge < -0.3 is 10.6 Å². The van der Waals surface area contributed by atoms with E-state index in [1.165, 1.54) is 6.07 Å². The van der Waals surface area contributed by atoms with Crippen molar-refractivity contribution >= 4 is 27.5 Å². The lowest BCUT2D eigenvalue weighted by atomic mass is 9.91. The molecule has 1 saturated heterocycles. The SMILES string of the molecule is Cc1cc(Br)c(F)cc1NC(=O)C1CC12CCNCC2. The van der Waals surface area contributed by atoms with E-state index in [-0.39, 0.29) is 23.1 Å². The number of nitrogens with one attached hydrogen (secondary N) is 2. The molecule has 1 spiro atoms. The molecule has 1 amide bonds. The molecule has 1 aliphatic carbocycles. The van der Waals surface area contributed by atoms with Crippen molar-refractivity contribution in [3.05, 3.63) is 28.0 Å². The van der Waals surface area contributed by atoms with Gasteiger partial charge in [-0.15, -0.1) is 0 Å². The normalized spacial score (nSPS) is 23.6. The zero-order valence-electron chi connectivity index (χ0n) is 11.4. The molecular formula is C15H18BrFN2O. The molecule has 1 aromatic rings. The lowest BCUT2D eigenvalue weighted by Crippen LogP contribution is -2.31. The summed E-state index contributed by atoms with van der Waals surface area (Å²) < 4.78 is 14.0. The third kappa shape index (κ3) is 2.49. The third-order valence-electron chi connectivity index (χ3n) is 4.63. The minimum atomic E-state index is -0.349. The van der Waals surface area contributed by atoms with Gasteiger partial charge in [-0.3, -0.25) is 4.79 Å². The van der Waals surface area contributed by atoms with E-state index in [1.807, 2.05) is 6.92 Å². The van der Waals surface area contributed by atoms with Crippen LogP contribution in [0, 0.1) is 24.1 Å². The number of halogens is 2. The van der Waals surface area contributed by atoms with Crippen LogP contribution in [0.15, 0.2) is 16.6 Å². The van der Waals surface area contributed by atoms with Gasteiger partial charge in [0, 0.05) is 11.6 Å². The first-order valence-electron chi connectivity index (χ1n) is 6.99. The maximum Gasteiger partial charge on any atom is 0.228 e. The van der Waals surface area contributed by atoms with Crippen molar-refractivity contribution < 1.29 is 9.18 Å². The molecule has 1 aromatic carbocycles. The smallest absolute Gasteiger partial charge is 0.228 e. The van der Waals surface area contributed by atoms with E-state index in [0.29, 0.717) is 10.2 Å². The van der Waals surface area contributed by atoms with Crippen molar-refractivity contribution in [2.24, 2.45) is 11.3 Å². The Balaban J connectivity index is 1.70. The molecule has 1 aliphatic heterocycles. The number of carbonyl (C=O) groups is 1. The molecule has 5 heteroatoms. The summed E-state index contributed by atoms with van der Waals surface area (Å²) in [5.41, 5.74) is 1.65. The Morgan fingerprint density at radius 1 is 1.45 bits per heavy atom. The topological polar surface area (TPSA) is 41.1 Å². The van der Waals surface area contributed by atoms with Gasteiger partial charge in [-0.1, -0.05) is 0 Å². The third-order valence-corrected chi connectivity index (χ3v) is 5.24. The molecule has 1 saturated carbocycles. The van der Waals surface area contributed by atoms with Crippen LogP contribution in [-0.2, 0) is 4.79 Å². The number of carbonyl (C=O) groups excluding carboxylic acids is 1. The highest BCUT2D eigenvalue weighted by atomic mass is 79.9. The second kappa shape index (κ2) is 5.11. The predicted molar refractivity (Wildman–Crippen MR) is 80.1 cm³/mol. The number of anilines is 1. The molecule has 20 heavy (non-hydrogen) atoms. The van der Waals surface area contributed by atoms with E-state index in [4.69, 9.17) is 0 Å². The van der Waals surface area contributed by atoms with E-state index in [2.05, 4.69) is 26.6 Å². The Bertz CT molecular complexity index is 555. The minimum Gasteiger partial charge on any atom is -0.325 e. The molecular weight excluding hydrogens is 323 g/mol. The molecule has 2 aliphatic rings. The summed E-state index contributed by atoms with van der Waals surface area (Å²) in [6.45, 7) is 3.86. The lowest BCUT2D eigenvalue weighted by molar-refractivity contribution is -0.118. The lowest BCUT2D eigenvalue weighted by Gasteiger charge is -2.23. The highest BCUT2D eigenvalue weighted by molar-refractivity contribution is 9.10. The summed E-state index contributed by atoms with van der Waals surface area (Å²) in [5, 5.41) is 6.22. The van der Waals surface area contributed by atoms with Gasteiger partial charge in [-0.05, 0) is 78.3 Å². The van der Waals surface area contributed by atoms with Crippen molar-refractivity contribution in [3.8, 4) is 0 Å². The van der Waals surface area contributed by atoms with Gasteiger partial charge in [0.2, 0.25) is 5.91 Å². The highest BCUT2D eigenvalue weighted by Crippen LogP contribution is 2.58. The van der Waals surface area contributed by atoms with Crippen LogP contribution in [-0.4, -0.2) is 19.0 Å². The highest BCUT2D eigenvalue weighted by Gasteiger charge is 2.57. The molecule has 0 aromatic heterocycles. The number of benzene rings is 1. The first kappa shape index (κ1) is 14.0. The van der Waals surface area contributed by atoms with Gasteiger partial charge >= 0.3 is 0 Å². The monoisotopic (exact) mass is 340 g/mol. The number of amides is 1. The molecule has 3 nitrogen and oxygen atoms in total. The molecule has 2 N–H and O–H groups in total. The van der Waals surface area contributed by atoms with Crippen molar-refractivity contribution in [1.29, 1.82) is 0 Å². The molecule has 0 radical (unpaired) electrons. The van der Waals surface area contributed by atoms with Gasteiger partial charge in [0.05, 0.1) is 4.47 Å². The van der Waals surface area contributed by atoms with Gasteiger partial charge in [-0.25, -0.2) is 4.39 Å². The quantitative estimate of drug-likeness (QED) is 0.867. The number of hydrogen-bond acceptors (Lipinski definition) is 2. The summed E-state index contributed by atoms with van der Waals surface area (Å²) in [7, 11) is 0. The van der Waals surface area contributed by atoms with Crippen LogP contribution in [0.1, 0.15) is 24.8 Å². The fourth-order valence-electron chi connectivity index (χ4n) is 3.20. The van der Waals surface area contributed by atoms with Crippen LogP contribution in [0.4, 0.5) is 10.1 Å². The Morgan fingerprint density at radius 2 is 2.15 bits per heavy atom. The molecule has 0 bridgehead atoms. The average molecular weight is 341 g/mol. The van der Waals surface area contributed by atoms with E-state index < -0.39 is 0 Å². The van der Waals surface area contributed by atoms with Crippen LogP contribution in [0.3, 0.4) is 0 Å². The van der Waals surface area contributed by atoms with E-state index in [1.54, 1.807) is 6.07 Å². The fourth-order valence-corrected chi connectivity index (χ4v) is 3.65. The minimum absolute atomic E-state index is 0.0386. The molecule has 1 atom stereocenters. The van der Waals surface area contributed by atoms with Crippen LogP contribution in [0.5, 0.6) is 0 Å². The fraction of sp³-hybridized carbons (Fsp3) is 0.533. The zero-order valence-corrected chi connectivity index (χ0v) is 13.0. The maximum atomic E-state index is 13.6. The molecule has 2 fully saturated rings. The summed E-state index contributed by atoms with van der Waals surface area (Å²) in [5.74, 6) is -0.217. The van der Waals surface area contributed by atoms with Crippen molar-refractivity contribution in [1.82, 2.24) is 5.32 Å². The van der Waals surface area contributed by atoms with Crippen LogP contribution in [0.2, 0.25) is 0 Å². The van der Waals surface area contributed by atoms with Gasteiger partial charge in [0.15, 0.2) is 0 Å². The van der Waals surface area contributed by atoms with Crippen LogP contribution < -0.4 is 10.6 Å². The number of rotatable bonds is 2. The van der Waals surface area contributed by atoms with Crippen molar-refractivity contribution in [3.63, 3.8) is 0 Å². The molecule has 1 heterocycles. The zero-order chi connectivity index (χ0) is 14.3. The van der Waals surface area contributed by atoms with Gasteiger partial charge in [0.25, 0.3) is 0 Å². The van der Waals surface area contributed by atoms with Crippen LogP contribution in [0.25, 0.3) is 0 Å². The first-order valence-corrected chi connectivity index (χ1v) is 7.78. The van der Waals surface area contributed by atoms with E-state index in [0.717, 1.165) is 37.9 Å². The Labute approximate surface area is 126 Å². The summed E-state index contributed by atoms with van der Waals surface area (Å²) in [4.78, 5) is 12.3. The molecule has 3 rings (SSSR count). The first-order chi connectivity index (χ1) is 9.52. The van der Waals surface area contributed by atoms with E-state index in [9.17, 15) is 9.18 Å². The standard InChI is InChI=1S/C15H18BrFN2O/c1-9-6-11(16)12(17)7-13(9)19-14(20)10-8-15(10)2-4-18-5-3-15/h6-7,10,18H,2-5,8H2,1H3,(H,19,20).